The van der Waals surface area contributed by atoms with Gasteiger partial charge >= 0.3 is 0 Å². The molecule has 0 aliphatic carbocycles. The first kappa shape index (κ1) is 15.1. The van der Waals surface area contributed by atoms with Crippen LogP contribution in [0.5, 0.6) is 0 Å². The molecule has 6 nitrogen and oxygen atoms in total. The minimum atomic E-state index is 0.788. The second-order valence-corrected chi connectivity index (χ2v) is 6.39. The van der Waals surface area contributed by atoms with Crippen molar-refractivity contribution in [2.75, 3.05) is 29.6 Å². The molecule has 0 radical (unpaired) electrons. The van der Waals surface area contributed by atoms with Crippen LogP contribution in [-0.4, -0.2) is 39.5 Å². The Morgan fingerprint density at radius 3 is 2.59 bits per heavy atom. The van der Waals surface area contributed by atoms with Crippen LogP contribution in [0.1, 0.15) is 30.5 Å². The Bertz CT molecular complexity index is 647. The molecule has 7 heteroatoms. The van der Waals surface area contributed by atoms with Crippen molar-refractivity contribution in [2.45, 2.75) is 38.3 Å². The maximum Gasteiger partial charge on any atom is 0.191 e. The zero-order chi connectivity index (χ0) is 15.5. The molecule has 0 unspecified atom stereocenters. The fourth-order valence-corrected chi connectivity index (χ4v) is 3.08. The van der Waals surface area contributed by atoms with Crippen LogP contribution in [0.4, 0.5) is 17.5 Å². The van der Waals surface area contributed by atoms with E-state index in [-0.39, 0.29) is 0 Å². The predicted octanol–water partition coefficient (Wildman–Crippen LogP) is 3.27. The van der Waals surface area contributed by atoms with Crippen molar-refractivity contribution < 1.29 is 0 Å². The molecule has 118 valence electrons. The van der Waals surface area contributed by atoms with E-state index in [1.54, 1.807) is 11.8 Å². The molecule has 1 aliphatic heterocycles. The molecule has 3 rings (SSSR count). The molecule has 1 saturated heterocycles. The van der Waals surface area contributed by atoms with E-state index in [1.165, 1.54) is 19.3 Å². The normalized spacial score (nSPS) is 15.1. The van der Waals surface area contributed by atoms with Crippen molar-refractivity contribution in [1.82, 2.24) is 20.2 Å². The average molecular weight is 318 g/mol. The Balaban J connectivity index is 1.94. The highest BCUT2D eigenvalue weighted by Crippen LogP contribution is 2.29. The summed E-state index contributed by atoms with van der Waals surface area (Å²) in [6.45, 7) is 6.21. The molecule has 0 atom stereocenters. The average Bonchev–Trinajstić information content (AvgIpc) is 2.95. The Labute approximate surface area is 135 Å². The number of hydrogen-bond donors (Lipinski definition) is 2. The molecule has 1 fully saturated rings. The standard InChI is InChI=1S/C15H22N6S/c1-10-9-12(20-19-10)16-13-11(2)14(18-15(17-13)22-3)21-7-5-4-6-8-21/h9H,4-8H2,1-3H3,(H2,16,17,18,19,20). The summed E-state index contributed by atoms with van der Waals surface area (Å²) in [6.07, 6.45) is 5.79. The number of nitrogens with one attached hydrogen (secondary N) is 2. The van der Waals surface area contributed by atoms with Crippen molar-refractivity contribution in [3.8, 4) is 0 Å². The lowest BCUT2D eigenvalue weighted by atomic mass is 10.1. The molecule has 2 N–H and O–H groups in total. The number of aryl methyl sites for hydroxylation is 1. The topological polar surface area (TPSA) is 69.7 Å². The van der Waals surface area contributed by atoms with Crippen LogP contribution in [-0.2, 0) is 0 Å². The number of piperidine rings is 1. The largest absolute Gasteiger partial charge is 0.356 e. The van der Waals surface area contributed by atoms with Gasteiger partial charge < -0.3 is 10.2 Å². The number of nitrogens with zero attached hydrogens (tertiary/aromatic N) is 4. The van der Waals surface area contributed by atoms with Crippen molar-refractivity contribution in [3.63, 3.8) is 0 Å². The summed E-state index contributed by atoms with van der Waals surface area (Å²) in [5.41, 5.74) is 2.11. The highest BCUT2D eigenvalue weighted by molar-refractivity contribution is 7.98. The lowest BCUT2D eigenvalue weighted by Gasteiger charge is -2.29. The van der Waals surface area contributed by atoms with Crippen LogP contribution in [0.25, 0.3) is 0 Å². The minimum Gasteiger partial charge on any atom is -0.356 e. The molecular formula is C15H22N6S. The van der Waals surface area contributed by atoms with Gasteiger partial charge in [0.1, 0.15) is 11.6 Å². The predicted molar refractivity (Wildman–Crippen MR) is 91.2 cm³/mol. The highest BCUT2D eigenvalue weighted by atomic mass is 32.2. The van der Waals surface area contributed by atoms with Crippen molar-refractivity contribution in [2.24, 2.45) is 0 Å². The zero-order valence-corrected chi connectivity index (χ0v) is 14.1. The smallest absolute Gasteiger partial charge is 0.191 e. The maximum absolute atomic E-state index is 4.73. The summed E-state index contributed by atoms with van der Waals surface area (Å²) in [4.78, 5) is 11.7. The van der Waals surface area contributed by atoms with Crippen LogP contribution in [0.15, 0.2) is 11.2 Å². The lowest BCUT2D eigenvalue weighted by Crippen LogP contribution is -2.31. The third-order valence-corrected chi connectivity index (χ3v) is 4.44. The molecule has 3 heterocycles. The zero-order valence-electron chi connectivity index (χ0n) is 13.3. The summed E-state index contributed by atoms with van der Waals surface area (Å²) in [7, 11) is 0. The lowest BCUT2D eigenvalue weighted by molar-refractivity contribution is 0.570. The van der Waals surface area contributed by atoms with E-state index in [0.29, 0.717) is 0 Å². The van der Waals surface area contributed by atoms with Gasteiger partial charge in [-0.1, -0.05) is 11.8 Å². The first-order valence-electron chi connectivity index (χ1n) is 7.64. The molecule has 2 aromatic rings. The first-order valence-corrected chi connectivity index (χ1v) is 8.86. The van der Waals surface area contributed by atoms with Crippen LogP contribution in [0, 0.1) is 13.8 Å². The molecule has 0 aromatic carbocycles. The molecule has 0 bridgehead atoms. The molecular weight excluding hydrogens is 296 g/mol. The van der Waals surface area contributed by atoms with E-state index < -0.39 is 0 Å². The van der Waals surface area contributed by atoms with E-state index >= 15 is 0 Å². The number of thioether (sulfide) groups is 1. The molecule has 22 heavy (non-hydrogen) atoms. The molecule has 0 saturated carbocycles. The fraction of sp³-hybridized carbons (Fsp3) is 0.533. The number of hydrogen-bond acceptors (Lipinski definition) is 6. The molecule has 2 aromatic heterocycles. The summed E-state index contributed by atoms with van der Waals surface area (Å²) in [6, 6.07) is 1.97. The van der Waals surface area contributed by atoms with Gasteiger partial charge in [-0.3, -0.25) is 5.10 Å². The van der Waals surface area contributed by atoms with Gasteiger partial charge in [-0.05, 0) is 39.4 Å². The summed E-state index contributed by atoms with van der Waals surface area (Å²) in [5.74, 6) is 2.68. The third-order valence-electron chi connectivity index (χ3n) is 3.89. The van der Waals surface area contributed by atoms with Gasteiger partial charge in [-0.25, -0.2) is 9.97 Å². The number of rotatable bonds is 4. The van der Waals surface area contributed by atoms with Crippen LogP contribution >= 0.6 is 11.8 Å². The Hall–Kier alpha value is -1.76. The number of aromatic amines is 1. The van der Waals surface area contributed by atoms with Crippen LogP contribution < -0.4 is 10.2 Å². The first-order chi connectivity index (χ1) is 10.7. The quantitative estimate of drug-likeness (QED) is 0.666. The molecule has 0 amide bonds. The number of anilines is 3. The number of H-pyrrole nitrogens is 1. The third kappa shape index (κ3) is 3.19. The fourth-order valence-electron chi connectivity index (χ4n) is 2.71. The maximum atomic E-state index is 4.73. The SMILES string of the molecule is CSc1nc(Nc2cc(C)[nH]n2)c(C)c(N2CCCCC2)n1. The van der Waals surface area contributed by atoms with E-state index in [1.807, 2.05) is 19.2 Å². The summed E-state index contributed by atoms with van der Waals surface area (Å²) >= 11 is 1.57. The van der Waals surface area contributed by atoms with Gasteiger partial charge in [-0.2, -0.15) is 5.10 Å². The van der Waals surface area contributed by atoms with E-state index in [4.69, 9.17) is 4.98 Å². The van der Waals surface area contributed by atoms with Crippen molar-refractivity contribution >= 4 is 29.2 Å². The second kappa shape index (κ2) is 6.56. The van der Waals surface area contributed by atoms with Gasteiger partial charge in [0, 0.05) is 30.4 Å². The number of aromatic nitrogens is 4. The van der Waals surface area contributed by atoms with Gasteiger partial charge in [-0.15, -0.1) is 0 Å². The van der Waals surface area contributed by atoms with Crippen LogP contribution in [0.2, 0.25) is 0 Å². The second-order valence-electron chi connectivity index (χ2n) is 5.62. The minimum absolute atomic E-state index is 0.788. The Kier molecular flexibility index (Phi) is 4.52. The summed E-state index contributed by atoms with van der Waals surface area (Å²) in [5, 5.41) is 11.3. The van der Waals surface area contributed by atoms with Gasteiger partial charge in [0.15, 0.2) is 11.0 Å². The molecule has 0 spiro atoms. The van der Waals surface area contributed by atoms with Crippen molar-refractivity contribution in [3.05, 3.63) is 17.3 Å². The van der Waals surface area contributed by atoms with E-state index in [0.717, 1.165) is 47.0 Å². The summed E-state index contributed by atoms with van der Waals surface area (Å²) < 4.78 is 0. The van der Waals surface area contributed by atoms with E-state index in [2.05, 4.69) is 32.3 Å². The van der Waals surface area contributed by atoms with Crippen LogP contribution in [0.3, 0.4) is 0 Å². The van der Waals surface area contributed by atoms with Gasteiger partial charge in [0.05, 0.1) is 0 Å². The van der Waals surface area contributed by atoms with E-state index in [9.17, 15) is 0 Å². The molecule has 1 aliphatic rings. The van der Waals surface area contributed by atoms with Gasteiger partial charge in [0.25, 0.3) is 0 Å². The Morgan fingerprint density at radius 1 is 1.18 bits per heavy atom. The monoisotopic (exact) mass is 318 g/mol. The van der Waals surface area contributed by atoms with Crippen molar-refractivity contribution in [1.29, 1.82) is 0 Å². The Morgan fingerprint density at radius 2 is 1.95 bits per heavy atom. The highest BCUT2D eigenvalue weighted by Gasteiger charge is 2.19. The van der Waals surface area contributed by atoms with Gasteiger partial charge in [0.2, 0.25) is 0 Å².